The second kappa shape index (κ2) is 4.98. The van der Waals surface area contributed by atoms with Crippen molar-refractivity contribution in [3.8, 4) is 0 Å². The van der Waals surface area contributed by atoms with Gasteiger partial charge in [0.1, 0.15) is 0 Å². The highest BCUT2D eigenvalue weighted by atomic mass is 14.9. The Labute approximate surface area is 114 Å². The Kier molecular flexibility index (Phi) is 3.18. The molecular formula is C17H18N2. The highest BCUT2D eigenvalue weighted by molar-refractivity contribution is 6.12. The van der Waals surface area contributed by atoms with Gasteiger partial charge >= 0.3 is 0 Å². The van der Waals surface area contributed by atoms with E-state index in [9.17, 15) is 0 Å². The minimum Gasteiger partial charge on any atom is -0.324 e. The normalized spacial score (nSPS) is 15.8. The summed E-state index contributed by atoms with van der Waals surface area (Å²) in [5, 5.41) is 0. The zero-order chi connectivity index (χ0) is 13.1. The molecule has 1 aliphatic carbocycles. The molecule has 2 aromatic carbocycles. The van der Waals surface area contributed by atoms with Crippen molar-refractivity contribution in [3.63, 3.8) is 0 Å². The van der Waals surface area contributed by atoms with E-state index in [1.807, 2.05) is 36.4 Å². The molecule has 0 spiro atoms. The van der Waals surface area contributed by atoms with Crippen LogP contribution in [-0.2, 0) is 0 Å². The third-order valence-corrected chi connectivity index (χ3v) is 3.54. The van der Waals surface area contributed by atoms with Crippen molar-refractivity contribution < 1.29 is 0 Å². The van der Waals surface area contributed by atoms with Crippen LogP contribution in [-0.4, -0.2) is 17.8 Å². The Bertz CT molecular complexity index is 527. The molecule has 96 valence electrons. The van der Waals surface area contributed by atoms with Crippen LogP contribution in [0.3, 0.4) is 0 Å². The molecule has 19 heavy (non-hydrogen) atoms. The summed E-state index contributed by atoms with van der Waals surface area (Å²) >= 11 is 0. The van der Waals surface area contributed by atoms with Gasteiger partial charge in [-0.3, -0.25) is 4.99 Å². The van der Waals surface area contributed by atoms with Gasteiger partial charge in [-0.2, -0.15) is 0 Å². The molecule has 1 aliphatic rings. The monoisotopic (exact) mass is 250 g/mol. The van der Waals surface area contributed by atoms with Gasteiger partial charge < -0.3 is 5.73 Å². The van der Waals surface area contributed by atoms with Crippen molar-refractivity contribution in [2.75, 3.05) is 6.54 Å². The van der Waals surface area contributed by atoms with E-state index in [-0.39, 0.29) is 5.54 Å². The zero-order valence-corrected chi connectivity index (χ0v) is 10.9. The van der Waals surface area contributed by atoms with Crippen molar-refractivity contribution in [1.29, 1.82) is 0 Å². The van der Waals surface area contributed by atoms with E-state index in [1.165, 1.54) is 0 Å². The maximum absolute atomic E-state index is 6.14. The van der Waals surface area contributed by atoms with Crippen LogP contribution in [0.25, 0.3) is 0 Å². The molecule has 0 heterocycles. The third kappa shape index (κ3) is 2.91. The summed E-state index contributed by atoms with van der Waals surface area (Å²) in [5.74, 6) is 0. The second-order valence-corrected chi connectivity index (χ2v) is 5.26. The zero-order valence-electron chi connectivity index (χ0n) is 10.9. The second-order valence-electron chi connectivity index (χ2n) is 5.26. The molecule has 0 bridgehead atoms. The van der Waals surface area contributed by atoms with E-state index in [1.54, 1.807) is 0 Å². The van der Waals surface area contributed by atoms with Crippen LogP contribution < -0.4 is 5.73 Å². The molecule has 2 N–H and O–H groups in total. The SMILES string of the molecule is NC1(CN=C(c2ccccc2)c2ccccc2)CC1. The quantitative estimate of drug-likeness (QED) is 0.832. The highest BCUT2D eigenvalue weighted by Gasteiger charge is 2.37. The maximum Gasteiger partial charge on any atom is 0.0719 e. The number of nitrogens with two attached hydrogens (primary N) is 1. The van der Waals surface area contributed by atoms with E-state index >= 15 is 0 Å². The van der Waals surface area contributed by atoms with Crippen molar-refractivity contribution in [1.82, 2.24) is 0 Å². The first-order valence-electron chi connectivity index (χ1n) is 6.71. The fourth-order valence-electron chi connectivity index (χ4n) is 2.10. The van der Waals surface area contributed by atoms with Gasteiger partial charge in [-0.1, -0.05) is 60.7 Å². The lowest BCUT2D eigenvalue weighted by atomic mass is 10.0. The van der Waals surface area contributed by atoms with Gasteiger partial charge in [0.25, 0.3) is 0 Å². The lowest BCUT2D eigenvalue weighted by Gasteiger charge is -2.10. The van der Waals surface area contributed by atoms with Crippen LogP contribution in [0.1, 0.15) is 24.0 Å². The Morgan fingerprint density at radius 3 is 1.79 bits per heavy atom. The summed E-state index contributed by atoms with van der Waals surface area (Å²) < 4.78 is 0. The number of hydrogen-bond donors (Lipinski definition) is 1. The van der Waals surface area contributed by atoms with E-state index < -0.39 is 0 Å². The Balaban J connectivity index is 1.96. The van der Waals surface area contributed by atoms with Crippen molar-refractivity contribution in [3.05, 3.63) is 71.8 Å². The van der Waals surface area contributed by atoms with Gasteiger partial charge in [0.2, 0.25) is 0 Å². The first-order chi connectivity index (χ1) is 9.27. The van der Waals surface area contributed by atoms with Gasteiger partial charge in [0.15, 0.2) is 0 Å². The largest absolute Gasteiger partial charge is 0.324 e. The molecule has 1 fully saturated rings. The van der Waals surface area contributed by atoms with Gasteiger partial charge in [0, 0.05) is 16.7 Å². The molecule has 0 amide bonds. The fraction of sp³-hybridized carbons (Fsp3) is 0.235. The summed E-state index contributed by atoms with van der Waals surface area (Å²) in [6.45, 7) is 0.714. The number of rotatable bonds is 4. The van der Waals surface area contributed by atoms with E-state index in [4.69, 9.17) is 10.7 Å². The molecule has 0 atom stereocenters. The molecule has 1 saturated carbocycles. The van der Waals surface area contributed by atoms with Gasteiger partial charge in [-0.05, 0) is 12.8 Å². The lowest BCUT2D eigenvalue weighted by molar-refractivity contribution is 0.690. The molecule has 3 rings (SSSR count). The molecule has 0 saturated heterocycles. The minimum atomic E-state index is -0.0468. The number of hydrogen-bond acceptors (Lipinski definition) is 2. The summed E-state index contributed by atoms with van der Waals surface area (Å²) in [7, 11) is 0. The molecular weight excluding hydrogens is 232 g/mol. The molecule has 0 unspecified atom stereocenters. The van der Waals surface area contributed by atoms with Gasteiger partial charge in [0.05, 0.1) is 12.3 Å². The fourth-order valence-corrected chi connectivity index (χ4v) is 2.10. The van der Waals surface area contributed by atoms with Crippen LogP contribution >= 0.6 is 0 Å². The van der Waals surface area contributed by atoms with E-state index in [0.717, 1.165) is 29.7 Å². The topological polar surface area (TPSA) is 38.4 Å². The lowest BCUT2D eigenvalue weighted by Crippen LogP contribution is -2.26. The number of nitrogens with zero attached hydrogens (tertiary/aromatic N) is 1. The average molecular weight is 250 g/mol. The Morgan fingerprint density at radius 2 is 1.37 bits per heavy atom. The predicted octanol–water partition coefficient (Wildman–Crippen LogP) is 3.02. The minimum absolute atomic E-state index is 0.0468. The summed E-state index contributed by atoms with van der Waals surface area (Å²) in [6, 6.07) is 20.6. The number of benzene rings is 2. The first-order valence-corrected chi connectivity index (χ1v) is 6.71. The average Bonchev–Trinajstić information content (AvgIpc) is 3.20. The molecule has 2 nitrogen and oxygen atoms in total. The van der Waals surface area contributed by atoms with Crippen LogP contribution in [0.15, 0.2) is 65.7 Å². The third-order valence-electron chi connectivity index (χ3n) is 3.54. The van der Waals surface area contributed by atoms with Gasteiger partial charge in [-0.15, -0.1) is 0 Å². The smallest absolute Gasteiger partial charge is 0.0719 e. The maximum atomic E-state index is 6.14. The predicted molar refractivity (Wildman–Crippen MR) is 79.5 cm³/mol. The highest BCUT2D eigenvalue weighted by Crippen LogP contribution is 2.32. The van der Waals surface area contributed by atoms with Crippen LogP contribution in [0.2, 0.25) is 0 Å². The summed E-state index contributed by atoms with van der Waals surface area (Å²) in [5.41, 5.74) is 9.44. The summed E-state index contributed by atoms with van der Waals surface area (Å²) in [6.07, 6.45) is 2.18. The molecule has 0 aromatic heterocycles. The van der Waals surface area contributed by atoms with Crippen molar-refractivity contribution >= 4 is 5.71 Å². The molecule has 2 heteroatoms. The standard InChI is InChI=1S/C17H18N2/c18-17(11-12-17)13-19-16(14-7-3-1-4-8-14)15-9-5-2-6-10-15/h1-10H,11-13,18H2. The van der Waals surface area contributed by atoms with E-state index in [2.05, 4.69) is 24.3 Å². The van der Waals surface area contributed by atoms with Gasteiger partial charge in [-0.25, -0.2) is 0 Å². The Hall–Kier alpha value is -1.93. The van der Waals surface area contributed by atoms with Crippen LogP contribution in [0.4, 0.5) is 0 Å². The van der Waals surface area contributed by atoms with Crippen LogP contribution in [0.5, 0.6) is 0 Å². The van der Waals surface area contributed by atoms with E-state index in [0.29, 0.717) is 6.54 Å². The Morgan fingerprint density at radius 1 is 0.895 bits per heavy atom. The van der Waals surface area contributed by atoms with Crippen molar-refractivity contribution in [2.24, 2.45) is 10.7 Å². The first kappa shape index (κ1) is 12.1. The molecule has 0 aliphatic heterocycles. The van der Waals surface area contributed by atoms with Crippen LogP contribution in [0, 0.1) is 0 Å². The molecule has 0 radical (unpaired) electrons. The molecule has 2 aromatic rings. The summed E-state index contributed by atoms with van der Waals surface area (Å²) in [4.78, 5) is 4.79. The number of aliphatic imine (C=N–C) groups is 1. The van der Waals surface area contributed by atoms with Crippen molar-refractivity contribution in [2.45, 2.75) is 18.4 Å².